The molecule has 3 amide bonds. The van der Waals surface area contributed by atoms with E-state index in [4.69, 9.17) is 14.2 Å². The molecule has 6 atom stereocenters. The lowest BCUT2D eigenvalue weighted by atomic mass is 9.87. The van der Waals surface area contributed by atoms with Crippen LogP contribution in [0, 0.1) is 0 Å². The number of ether oxygens (including phenoxy) is 3. The van der Waals surface area contributed by atoms with Gasteiger partial charge in [0, 0.05) is 33.4 Å². The first-order valence-electron chi connectivity index (χ1n) is 12.9. The number of nitrogens with one attached hydrogen (secondary N) is 3. The molecule has 0 aliphatic carbocycles. The molecule has 0 saturated carbocycles. The fraction of sp³-hybridized carbons (Fsp3) is 0.654. The maximum Gasteiger partial charge on any atom is 0.407 e. The standard InChI is InChI=1S/C26H41N3O10/c1-17(31)28-22-19(32)13-26(16-37-2,39-24(22)23(35)20(33)14-30)29-21(34)11-7-4-8-12-27-25(36)38-15-18-9-5-3-6-10-18/h3,5-6,9-10,19-20,22-24,30,32-33,35H,4,7-8,11-16H2,1-2H3,(H,27,36)(H,28,31)(H,29,34). The van der Waals surface area contributed by atoms with Crippen molar-refractivity contribution in [1.82, 2.24) is 16.0 Å². The van der Waals surface area contributed by atoms with E-state index >= 15 is 0 Å². The van der Waals surface area contributed by atoms with Gasteiger partial charge in [0.05, 0.1) is 25.4 Å². The third kappa shape index (κ3) is 10.7. The van der Waals surface area contributed by atoms with Crippen LogP contribution in [-0.2, 0) is 30.4 Å². The van der Waals surface area contributed by atoms with Gasteiger partial charge in [-0.1, -0.05) is 36.8 Å². The van der Waals surface area contributed by atoms with Crippen LogP contribution in [0.25, 0.3) is 0 Å². The summed E-state index contributed by atoms with van der Waals surface area (Å²) in [4.78, 5) is 36.2. The summed E-state index contributed by atoms with van der Waals surface area (Å²) in [6.45, 7) is 0.814. The van der Waals surface area contributed by atoms with Crippen LogP contribution in [-0.4, -0.2) is 101 Å². The zero-order chi connectivity index (χ0) is 28.8. The van der Waals surface area contributed by atoms with Crippen LogP contribution in [0.2, 0.25) is 0 Å². The van der Waals surface area contributed by atoms with Crippen LogP contribution in [0.5, 0.6) is 0 Å². The Balaban J connectivity index is 1.83. The maximum atomic E-state index is 12.7. The summed E-state index contributed by atoms with van der Waals surface area (Å²) in [5.41, 5.74) is -0.666. The van der Waals surface area contributed by atoms with Crippen LogP contribution in [0.15, 0.2) is 30.3 Å². The summed E-state index contributed by atoms with van der Waals surface area (Å²) in [7, 11) is 1.37. The van der Waals surface area contributed by atoms with E-state index in [0.717, 1.165) is 5.56 Å². The molecule has 39 heavy (non-hydrogen) atoms. The number of hydrogen-bond acceptors (Lipinski definition) is 10. The Labute approximate surface area is 227 Å². The minimum Gasteiger partial charge on any atom is -0.445 e. The Kier molecular flexibility index (Phi) is 13.6. The van der Waals surface area contributed by atoms with E-state index in [0.29, 0.717) is 25.8 Å². The molecule has 1 aliphatic rings. The molecule has 220 valence electrons. The molecule has 13 nitrogen and oxygen atoms in total. The van der Waals surface area contributed by atoms with Crippen LogP contribution >= 0.6 is 0 Å². The van der Waals surface area contributed by atoms with E-state index in [1.807, 2.05) is 30.3 Å². The van der Waals surface area contributed by atoms with Gasteiger partial charge >= 0.3 is 6.09 Å². The van der Waals surface area contributed by atoms with Crippen molar-refractivity contribution in [3.05, 3.63) is 35.9 Å². The molecule has 13 heteroatoms. The maximum absolute atomic E-state index is 12.7. The lowest BCUT2D eigenvalue weighted by molar-refractivity contribution is -0.243. The van der Waals surface area contributed by atoms with Crippen molar-refractivity contribution in [2.24, 2.45) is 0 Å². The molecule has 0 aromatic heterocycles. The highest BCUT2D eigenvalue weighted by molar-refractivity contribution is 5.76. The molecule has 2 rings (SSSR count). The molecule has 1 heterocycles. The first-order valence-corrected chi connectivity index (χ1v) is 12.9. The smallest absolute Gasteiger partial charge is 0.407 e. The normalized spacial score (nSPS) is 24.3. The largest absolute Gasteiger partial charge is 0.445 e. The molecule has 1 aliphatic heterocycles. The van der Waals surface area contributed by atoms with Crippen molar-refractivity contribution in [3.63, 3.8) is 0 Å². The third-order valence-corrected chi connectivity index (χ3v) is 6.26. The van der Waals surface area contributed by atoms with Gasteiger partial charge in [-0.25, -0.2) is 4.79 Å². The van der Waals surface area contributed by atoms with Gasteiger partial charge in [0.2, 0.25) is 11.8 Å². The van der Waals surface area contributed by atoms with Crippen LogP contribution in [0.3, 0.4) is 0 Å². The molecule has 7 N–H and O–H groups in total. The van der Waals surface area contributed by atoms with Gasteiger partial charge in [-0.3, -0.25) is 9.59 Å². The molecule has 6 unspecified atom stereocenters. The number of methoxy groups -OCH3 is 1. The predicted octanol–water partition coefficient (Wildman–Crippen LogP) is -0.699. The summed E-state index contributed by atoms with van der Waals surface area (Å²) in [6, 6.07) is 8.21. The molecule has 1 aromatic rings. The Morgan fingerprint density at radius 3 is 2.51 bits per heavy atom. The predicted molar refractivity (Wildman–Crippen MR) is 138 cm³/mol. The summed E-state index contributed by atoms with van der Waals surface area (Å²) >= 11 is 0. The number of carbonyl (C=O) groups is 3. The number of aliphatic hydroxyl groups excluding tert-OH is 4. The summed E-state index contributed by atoms with van der Waals surface area (Å²) < 4.78 is 16.3. The van der Waals surface area contributed by atoms with E-state index in [9.17, 15) is 34.8 Å². The quantitative estimate of drug-likeness (QED) is 0.136. The molecular weight excluding hydrogens is 514 g/mol. The second kappa shape index (κ2) is 16.3. The van der Waals surface area contributed by atoms with E-state index in [-0.39, 0.29) is 26.1 Å². The number of hydrogen-bond donors (Lipinski definition) is 7. The van der Waals surface area contributed by atoms with E-state index in [1.54, 1.807) is 0 Å². The Hall–Kier alpha value is -2.81. The number of unbranched alkanes of at least 4 members (excludes halogenated alkanes) is 2. The minimum absolute atomic E-state index is 0.116. The van der Waals surface area contributed by atoms with Gasteiger partial charge in [0.25, 0.3) is 0 Å². The summed E-state index contributed by atoms with van der Waals surface area (Å²) in [6.07, 6.45) is -4.72. The highest BCUT2D eigenvalue weighted by atomic mass is 16.6. The van der Waals surface area contributed by atoms with Crippen molar-refractivity contribution >= 4 is 17.9 Å². The van der Waals surface area contributed by atoms with E-state index in [2.05, 4.69) is 16.0 Å². The first kappa shape index (κ1) is 32.4. The van der Waals surface area contributed by atoms with Gasteiger partial charge in [-0.2, -0.15) is 0 Å². The van der Waals surface area contributed by atoms with Crippen molar-refractivity contribution in [2.75, 3.05) is 26.9 Å². The van der Waals surface area contributed by atoms with E-state index in [1.165, 1.54) is 14.0 Å². The summed E-state index contributed by atoms with van der Waals surface area (Å²) in [5, 5.41) is 48.5. The molecule has 1 aromatic carbocycles. The van der Waals surface area contributed by atoms with Crippen molar-refractivity contribution in [2.45, 2.75) is 81.8 Å². The highest BCUT2D eigenvalue weighted by Gasteiger charge is 2.51. The van der Waals surface area contributed by atoms with Gasteiger partial charge in [-0.15, -0.1) is 0 Å². The Bertz CT molecular complexity index is 905. The summed E-state index contributed by atoms with van der Waals surface area (Å²) in [5.74, 6) is -0.899. The number of alkyl carbamates (subject to hydrolysis) is 1. The molecule has 1 saturated heterocycles. The zero-order valence-electron chi connectivity index (χ0n) is 22.4. The highest BCUT2D eigenvalue weighted by Crippen LogP contribution is 2.31. The third-order valence-electron chi connectivity index (χ3n) is 6.26. The lowest BCUT2D eigenvalue weighted by Gasteiger charge is -2.48. The number of rotatable bonds is 15. The van der Waals surface area contributed by atoms with Crippen LogP contribution in [0.4, 0.5) is 4.79 Å². The van der Waals surface area contributed by atoms with Gasteiger partial charge in [0.15, 0.2) is 5.72 Å². The zero-order valence-corrected chi connectivity index (χ0v) is 22.4. The fourth-order valence-corrected chi connectivity index (χ4v) is 4.40. The molecule has 1 fully saturated rings. The van der Waals surface area contributed by atoms with Crippen LogP contribution < -0.4 is 16.0 Å². The van der Waals surface area contributed by atoms with Crippen molar-refractivity contribution < 1.29 is 49.0 Å². The minimum atomic E-state index is -1.68. The Morgan fingerprint density at radius 1 is 1.15 bits per heavy atom. The van der Waals surface area contributed by atoms with Gasteiger partial charge < -0.3 is 50.6 Å². The topological polar surface area (TPSA) is 196 Å². The average Bonchev–Trinajstić information content (AvgIpc) is 2.90. The molecule has 0 bridgehead atoms. The molecule has 0 spiro atoms. The molecular formula is C26H41N3O10. The lowest BCUT2D eigenvalue weighted by Crippen LogP contribution is -2.70. The van der Waals surface area contributed by atoms with Gasteiger partial charge in [-0.05, 0) is 18.4 Å². The Morgan fingerprint density at radius 2 is 1.87 bits per heavy atom. The number of amides is 3. The first-order chi connectivity index (χ1) is 18.6. The number of aliphatic hydroxyl groups is 4. The number of benzene rings is 1. The second-order valence-corrected chi connectivity index (χ2v) is 9.60. The van der Waals surface area contributed by atoms with Crippen molar-refractivity contribution in [1.29, 1.82) is 0 Å². The monoisotopic (exact) mass is 555 g/mol. The fourth-order valence-electron chi connectivity index (χ4n) is 4.40. The molecule has 0 radical (unpaired) electrons. The second-order valence-electron chi connectivity index (χ2n) is 9.60. The van der Waals surface area contributed by atoms with Crippen molar-refractivity contribution in [3.8, 4) is 0 Å². The average molecular weight is 556 g/mol. The number of carbonyl (C=O) groups excluding carboxylic acids is 3. The van der Waals surface area contributed by atoms with Gasteiger partial charge in [0.1, 0.15) is 24.9 Å². The van der Waals surface area contributed by atoms with E-state index < -0.39 is 60.7 Å². The van der Waals surface area contributed by atoms with Crippen LogP contribution in [0.1, 0.15) is 44.6 Å². The SMILES string of the molecule is COCC1(NC(=O)CCCCCNC(=O)OCc2ccccc2)CC(O)C(NC(C)=O)C(C(O)C(O)CO)O1.